The highest BCUT2D eigenvalue weighted by atomic mass is 35.5. The third-order valence-corrected chi connectivity index (χ3v) is 4.08. The second kappa shape index (κ2) is 5.37. The first-order valence-corrected chi connectivity index (χ1v) is 7.10. The van der Waals surface area contributed by atoms with E-state index < -0.39 is 5.82 Å². The van der Waals surface area contributed by atoms with Gasteiger partial charge in [-0.2, -0.15) is 0 Å². The summed E-state index contributed by atoms with van der Waals surface area (Å²) in [4.78, 5) is 12.2. The summed E-state index contributed by atoms with van der Waals surface area (Å²) in [7, 11) is 0. The van der Waals surface area contributed by atoms with E-state index in [1.54, 1.807) is 6.07 Å². The Hall–Kier alpha value is -1.67. The second-order valence-corrected chi connectivity index (χ2v) is 5.59. The van der Waals surface area contributed by atoms with Gasteiger partial charge in [-0.25, -0.2) is 4.39 Å². The molecule has 0 fully saturated rings. The van der Waals surface area contributed by atoms with Crippen molar-refractivity contribution in [2.75, 3.05) is 0 Å². The zero-order valence-electron chi connectivity index (χ0n) is 11.0. The van der Waals surface area contributed by atoms with Crippen molar-refractivity contribution in [3.63, 3.8) is 0 Å². The van der Waals surface area contributed by atoms with Crippen LogP contribution in [0.5, 0.6) is 0 Å². The minimum absolute atomic E-state index is 0.0408. The molecule has 20 heavy (non-hydrogen) atoms. The minimum Gasteiger partial charge on any atom is -0.294 e. The molecule has 1 aliphatic rings. The number of fused-ring (bicyclic) bond motifs is 1. The van der Waals surface area contributed by atoms with Crippen LogP contribution in [-0.4, -0.2) is 5.78 Å². The minimum atomic E-state index is -0.550. The maximum atomic E-state index is 13.4. The third-order valence-electron chi connectivity index (χ3n) is 3.77. The first-order chi connectivity index (χ1) is 9.63. The fourth-order valence-corrected chi connectivity index (χ4v) is 2.81. The normalized spacial score (nSPS) is 13.3. The average molecular weight is 289 g/mol. The number of hydrogen-bond acceptors (Lipinski definition) is 1. The molecular formula is C17H14ClFO. The lowest BCUT2D eigenvalue weighted by Gasteiger charge is -2.05. The average Bonchev–Trinajstić information content (AvgIpc) is 2.89. The van der Waals surface area contributed by atoms with Crippen molar-refractivity contribution in [3.8, 4) is 0 Å². The predicted octanol–water partition coefficient (Wildman–Crippen LogP) is 4.39. The highest BCUT2D eigenvalue weighted by Gasteiger charge is 2.14. The van der Waals surface area contributed by atoms with Gasteiger partial charge >= 0.3 is 0 Å². The molecule has 3 heteroatoms. The van der Waals surface area contributed by atoms with E-state index in [1.165, 1.54) is 29.7 Å². The van der Waals surface area contributed by atoms with Crippen LogP contribution in [0, 0.1) is 5.82 Å². The molecule has 0 atom stereocenters. The Bertz CT molecular complexity index is 679. The zero-order chi connectivity index (χ0) is 14.1. The number of hydrogen-bond donors (Lipinski definition) is 0. The van der Waals surface area contributed by atoms with Gasteiger partial charge in [0.15, 0.2) is 5.78 Å². The third kappa shape index (κ3) is 2.61. The Labute approximate surface area is 122 Å². The Kier molecular flexibility index (Phi) is 3.58. The topological polar surface area (TPSA) is 17.1 Å². The van der Waals surface area contributed by atoms with E-state index in [2.05, 4.69) is 12.1 Å². The number of halogens is 2. The van der Waals surface area contributed by atoms with Crippen LogP contribution in [0.25, 0.3) is 0 Å². The number of carbonyl (C=O) groups is 1. The van der Waals surface area contributed by atoms with Crippen LogP contribution in [0.15, 0.2) is 36.4 Å². The SMILES string of the molecule is O=C(Cc1ccc2c(c1)CCC2)c1ccc(Cl)c(F)c1. The molecule has 102 valence electrons. The lowest BCUT2D eigenvalue weighted by Crippen LogP contribution is -2.04. The molecule has 1 aliphatic carbocycles. The molecule has 0 saturated carbocycles. The van der Waals surface area contributed by atoms with E-state index in [9.17, 15) is 9.18 Å². The maximum absolute atomic E-state index is 13.4. The Morgan fingerprint density at radius 3 is 2.70 bits per heavy atom. The number of benzene rings is 2. The summed E-state index contributed by atoms with van der Waals surface area (Å²) < 4.78 is 13.4. The summed E-state index contributed by atoms with van der Waals surface area (Å²) >= 11 is 5.62. The van der Waals surface area contributed by atoms with Crippen molar-refractivity contribution in [3.05, 3.63) is 69.5 Å². The van der Waals surface area contributed by atoms with Crippen LogP contribution >= 0.6 is 11.6 Å². The summed E-state index contributed by atoms with van der Waals surface area (Å²) in [6.45, 7) is 0. The van der Waals surface area contributed by atoms with Gasteiger partial charge in [-0.1, -0.05) is 29.8 Å². The molecule has 0 heterocycles. The van der Waals surface area contributed by atoms with Gasteiger partial charge in [0, 0.05) is 12.0 Å². The van der Waals surface area contributed by atoms with Gasteiger partial charge in [0.05, 0.1) is 5.02 Å². The molecule has 0 aromatic heterocycles. The van der Waals surface area contributed by atoms with Crippen LogP contribution in [0.2, 0.25) is 5.02 Å². The summed E-state index contributed by atoms with van der Waals surface area (Å²) in [5.74, 6) is -0.634. The van der Waals surface area contributed by atoms with Gasteiger partial charge in [0.1, 0.15) is 5.82 Å². The van der Waals surface area contributed by atoms with Crippen molar-refractivity contribution in [2.45, 2.75) is 25.7 Å². The monoisotopic (exact) mass is 288 g/mol. The molecule has 1 nitrogen and oxygen atoms in total. The summed E-state index contributed by atoms with van der Waals surface area (Å²) in [6.07, 6.45) is 3.71. The molecule has 2 aromatic rings. The van der Waals surface area contributed by atoms with E-state index >= 15 is 0 Å². The molecule has 2 aromatic carbocycles. The highest BCUT2D eigenvalue weighted by Crippen LogP contribution is 2.24. The van der Waals surface area contributed by atoms with E-state index in [0.717, 1.165) is 18.4 Å². The van der Waals surface area contributed by atoms with Gasteiger partial charge in [0.25, 0.3) is 0 Å². The number of rotatable bonds is 3. The van der Waals surface area contributed by atoms with Crippen molar-refractivity contribution in [1.82, 2.24) is 0 Å². The van der Waals surface area contributed by atoms with E-state index in [-0.39, 0.29) is 10.8 Å². The summed E-state index contributed by atoms with van der Waals surface area (Å²) in [5.41, 5.74) is 4.09. The van der Waals surface area contributed by atoms with Crippen molar-refractivity contribution in [2.24, 2.45) is 0 Å². The van der Waals surface area contributed by atoms with Gasteiger partial charge in [-0.3, -0.25) is 4.79 Å². The Morgan fingerprint density at radius 2 is 1.90 bits per heavy atom. The smallest absolute Gasteiger partial charge is 0.167 e. The number of carbonyl (C=O) groups excluding carboxylic acids is 1. The van der Waals surface area contributed by atoms with E-state index in [4.69, 9.17) is 11.6 Å². The first kappa shape index (κ1) is 13.3. The summed E-state index contributed by atoms with van der Waals surface area (Å²) in [5, 5.41) is 0.0408. The molecule has 0 aliphatic heterocycles. The van der Waals surface area contributed by atoms with Crippen molar-refractivity contribution < 1.29 is 9.18 Å². The maximum Gasteiger partial charge on any atom is 0.167 e. The van der Waals surface area contributed by atoms with Gasteiger partial charge < -0.3 is 0 Å². The lowest BCUT2D eigenvalue weighted by molar-refractivity contribution is 0.0992. The first-order valence-electron chi connectivity index (χ1n) is 6.72. The largest absolute Gasteiger partial charge is 0.294 e. The zero-order valence-corrected chi connectivity index (χ0v) is 11.7. The lowest BCUT2D eigenvalue weighted by atomic mass is 9.99. The number of ketones is 1. The second-order valence-electron chi connectivity index (χ2n) is 5.19. The Morgan fingerprint density at radius 1 is 1.10 bits per heavy atom. The Balaban J connectivity index is 1.80. The van der Waals surface area contributed by atoms with Gasteiger partial charge in [-0.05, 0) is 54.2 Å². The van der Waals surface area contributed by atoms with Gasteiger partial charge in [0.2, 0.25) is 0 Å². The molecule has 0 saturated heterocycles. The standard InChI is InChI=1S/C17H14ClFO/c18-15-7-6-14(10-16(15)19)17(20)9-11-4-5-12-2-1-3-13(12)8-11/h4-8,10H,1-3,9H2. The molecule has 0 amide bonds. The van der Waals surface area contributed by atoms with E-state index in [0.29, 0.717) is 12.0 Å². The van der Waals surface area contributed by atoms with E-state index in [1.807, 2.05) is 6.07 Å². The molecule has 0 unspecified atom stereocenters. The molecule has 0 radical (unpaired) electrons. The number of aryl methyl sites for hydroxylation is 2. The van der Waals surface area contributed by atoms with Crippen LogP contribution < -0.4 is 0 Å². The van der Waals surface area contributed by atoms with Crippen LogP contribution in [0.1, 0.15) is 33.5 Å². The molecular weight excluding hydrogens is 275 g/mol. The predicted molar refractivity (Wildman–Crippen MR) is 77.9 cm³/mol. The van der Waals surface area contributed by atoms with Crippen molar-refractivity contribution >= 4 is 17.4 Å². The van der Waals surface area contributed by atoms with Crippen LogP contribution in [-0.2, 0) is 19.3 Å². The molecule has 3 rings (SSSR count). The quantitative estimate of drug-likeness (QED) is 0.766. The fourth-order valence-electron chi connectivity index (χ4n) is 2.69. The fraction of sp³-hybridized carbons (Fsp3) is 0.235. The van der Waals surface area contributed by atoms with Gasteiger partial charge in [-0.15, -0.1) is 0 Å². The molecule has 0 bridgehead atoms. The van der Waals surface area contributed by atoms with Crippen molar-refractivity contribution in [1.29, 1.82) is 0 Å². The molecule has 0 N–H and O–H groups in total. The molecule has 0 spiro atoms. The van der Waals surface area contributed by atoms with Crippen LogP contribution in [0.4, 0.5) is 4.39 Å². The van der Waals surface area contributed by atoms with Crippen LogP contribution in [0.3, 0.4) is 0 Å². The highest BCUT2D eigenvalue weighted by molar-refractivity contribution is 6.30. The summed E-state index contributed by atoms with van der Waals surface area (Å²) in [6, 6.07) is 10.4. The number of Topliss-reactive ketones (excluding diaryl/α,β-unsaturated/α-hetero) is 1.